The van der Waals surface area contributed by atoms with Crippen LogP contribution in [0.3, 0.4) is 0 Å². The quantitative estimate of drug-likeness (QED) is 0.443. The van der Waals surface area contributed by atoms with E-state index in [1.807, 2.05) is 36.4 Å². The van der Waals surface area contributed by atoms with E-state index in [1.54, 1.807) is 0 Å². The highest BCUT2D eigenvalue weighted by molar-refractivity contribution is 6.98. The Labute approximate surface area is 167 Å². The first kappa shape index (κ1) is 21.9. The van der Waals surface area contributed by atoms with Gasteiger partial charge in [0, 0.05) is 6.04 Å². The van der Waals surface area contributed by atoms with Crippen molar-refractivity contribution in [3.05, 3.63) is 60.7 Å². The third-order valence-electron chi connectivity index (χ3n) is 5.64. The molecule has 0 atom stereocenters. The SMILES string of the molecule is CC(C)NCCCCCCC(C)(C)[Si](O)(c1ccccc1)c1ccccc1. The zero-order valence-corrected chi connectivity index (χ0v) is 18.5. The fraction of sp³-hybridized carbons (Fsp3) is 0.500. The van der Waals surface area contributed by atoms with Crippen LogP contribution in [0, 0.1) is 0 Å². The maximum atomic E-state index is 12.1. The minimum absolute atomic E-state index is 0.119. The van der Waals surface area contributed by atoms with Crippen molar-refractivity contribution in [2.45, 2.75) is 70.9 Å². The molecular weight excluding hydrogens is 346 g/mol. The van der Waals surface area contributed by atoms with Gasteiger partial charge in [-0.2, -0.15) is 0 Å². The van der Waals surface area contributed by atoms with Crippen molar-refractivity contribution in [3.8, 4) is 0 Å². The van der Waals surface area contributed by atoms with Crippen molar-refractivity contribution in [1.82, 2.24) is 5.32 Å². The maximum Gasteiger partial charge on any atom is 0.258 e. The number of unbranched alkanes of at least 4 members (excludes halogenated alkanes) is 3. The van der Waals surface area contributed by atoms with Gasteiger partial charge in [-0.1, -0.05) is 108 Å². The third-order valence-corrected chi connectivity index (χ3v) is 10.2. The highest BCUT2D eigenvalue weighted by atomic mass is 28.4. The molecule has 0 bridgehead atoms. The topological polar surface area (TPSA) is 32.3 Å². The van der Waals surface area contributed by atoms with Crippen molar-refractivity contribution in [2.24, 2.45) is 0 Å². The molecule has 2 aromatic carbocycles. The predicted molar refractivity (Wildman–Crippen MR) is 120 cm³/mol. The Morgan fingerprint density at radius 1 is 0.815 bits per heavy atom. The molecule has 0 radical (unpaired) electrons. The van der Waals surface area contributed by atoms with E-state index < -0.39 is 8.32 Å². The standard InChI is InChI=1S/C24H37NOSi/c1-21(2)25-20-14-6-5-13-19-24(3,4)27(26,22-15-9-7-10-16-22)23-17-11-8-12-18-23/h7-12,15-18,21,25-26H,5-6,13-14,19-20H2,1-4H3. The van der Waals surface area contributed by atoms with Crippen LogP contribution in [0.4, 0.5) is 0 Å². The Kier molecular flexibility index (Phi) is 8.27. The van der Waals surface area contributed by atoms with E-state index in [4.69, 9.17) is 0 Å². The van der Waals surface area contributed by atoms with E-state index >= 15 is 0 Å². The van der Waals surface area contributed by atoms with Crippen molar-refractivity contribution < 1.29 is 4.80 Å². The highest BCUT2D eigenvalue weighted by Gasteiger charge is 2.49. The van der Waals surface area contributed by atoms with Crippen LogP contribution in [0.5, 0.6) is 0 Å². The fourth-order valence-corrected chi connectivity index (χ4v) is 7.71. The summed E-state index contributed by atoms with van der Waals surface area (Å²) in [5, 5.41) is 5.59. The second-order valence-corrected chi connectivity index (χ2v) is 12.5. The molecule has 148 valence electrons. The highest BCUT2D eigenvalue weighted by Crippen LogP contribution is 2.40. The van der Waals surface area contributed by atoms with E-state index in [9.17, 15) is 4.80 Å². The maximum absolute atomic E-state index is 12.1. The molecule has 0 aliphatic carbocycles. The van der Waals surface area contributed by atoms with Gasteiger partial charge in [0.1, 0.15) is 0 Å². The van der Waals surface area contributed by atoms with Gasteiger partial charge < -0.3 is 10.1 Å². The molecular formula is C24H37NOSi. The molecule has 2 rings (SSSR count). The Morgan fingerprint density at radius 3 is 1.78 bits per heavy atom. The first-order valence-corrected chi connectivity index (χ1v) is 12.4. The lowest BCUT2D eigenvalue weighted by Crippen LogP contribution is -2.65. The smallest absolute Gasteiger partial charge is 0.258 e. The molecule has 3 heteroatoms. The molecule has 0 aliphatic heterocycles. The van der Waals surface area contributed by atoms with Gasteiger partial charge in [0.15, 0.2) is 0 Å². The lowest BCUT2D eigenvalue weighted by molar-refractivity contribution is 0.445. The Morgan fingerprint density at radius 2 is 1.30 bits per heavy atom. The summed E-state index contributed by atoms with van der Waals surface area (Å²) in [7, 11) is -2.83. The molecule has 0 unspecified atom stereocenters. The van der Waals surface area contributed by atoms with Gasteiger partial charge in [-0.25, -0.2) is 0 Å². The molecule has 0 fully saturated rings. The van der Waals surface area contributed by atoms with Crippen molar-refractivity contribution >= 4 is 18.7 Å². The summed E-state index contributed by atoms with van der Waals surface area (Å²) in [5.41, 5.74) is 0. The summed E-state index contributed by atoms with van der Waals surface area (Å²) < 4.78 is 0. The second-order valence-electron chi connectivity index (χ2n) is 8.60. The van der Waals surface area contributed by atoms with E-state index in [2.05, 4.69) is 57.3 Å². The second kappa shape index (κ2) is 10.2. The molecule has 0 spiro atoms. The van der Waals surface area contributed by atoms with Crippen molar-refractivity contribution in [3.63, 3.8) is 0 Å². The largest absolute Gasteiger partial charge is 0.424 e. The van der Waals surface area contributed by atoms with Gasteiger partial charge in [-0.15, -0.1) is 0 Å². The summed E-state index contributed by atoms with van der Waals surface area (Å²) in [6, 6.07) is 21.3. The van der Waals surface area contributed by atoms with Gasteiger partial charge in [-0.05, 0) is 34.8 Å². The normalized spacial score (nSPS) is 12.5. The Hall–Kier alpha value is -1.42. The minimum atomic E-state index is -2.83. The zero-order chi connectivity index (χ0) is 19.8. The van der Waals surface area contributed by atoms with Gasteiger partial charge in [0.25, 0.3) is 8.32 Å². The molecule has 27 heavy (non-hydrogen) atoms. The van der Waals surface area contributed by atoms with Crippen molar-refractivity contribution in [2.75, 3.05) is 6.54 Å². The van der Waals surface area contributed by atoms with Crippen LogP contribution in [-0.4, -0.2) is 25.7 Å². The Balaban J connectivity index is 2.06. The van der Waals surface area contributed by atoms with Crippen molar-refractivity contribution in [1.29, 1.82) is 0 Å². The lowest BCUT2D eigenvalue weighted by Gasteiger charge is -2.41. The summed E-state index contributed by atoms with van der Waals surface area (Å²) in [6.07, 6.45) is 5.95. The average Bonchev–Trinajstić information content (AvgIpc) is 2.67. The first-order chi connectivity index (χ1) is 12.9. The van der Waals surface area contributed by atoms with E-state index in [0.717, 1.165) is 23.3 Å². The van der Waals surface area contributed by atoms with E-state index in [1.165, 1.54) is 25.7 Å². The molecule has 0 saturated carbocycles. The summed E-state index contributed by atoms with van der Waals surface area (Å²) >= 11 is 0. The number of nitrogens with one attached hydrogen (secondary N) is 1. The molecule has 2 nitrogen and oxygen atoms in total. The van der Waals surface area contributed by atoms with Crippen LogP contribution >= 0.6 is 0 Å². The molecule has 0 aliphatic rings. The molecule has 0 aromatic heterocycles. The van der Waals surface area contributed by atoms with Gasteiger partial charge in [0.05, 0.1) is 0 Å². The molecule has 2 N–H and O–H groups in total. The molecule has 0 heterocycles. The van der Waals surface area contributed by atoms with Gasteiger partial charge in [-0.3, -0.25) is 0 Å². The van der Waals surface area contributed by atoms with Crippen LogP contribution in [0.15, 0.2) is 60.7 Å². The Bertz CT molecular complexity index is 615. The van der Waals surface area contributed by atoms with Crippen LogP contribution in [0.25, 0.3) is 0 Å². The van der Waals surface area contributed by atoms with Gasteiger partial charge in [0.2, 0.25) is 0 Å². The summed E-state index contributed by atoms with van der Waals surface area (Å²) in [6.45, 7) is 10.0. The number of benzene rings is 2. The van der Waals surface area contributed by atoms with Crippen LogP contribution in [0.1, 0.15) is 59.8 Å². The number of hydrogen-bond acceptors (Lipinski definition) is 2. The fourth-order valence-electron chi connectivity index (χ4n) is 3.92. The first-order valence-electron chi connectivity index (χ1n) is 10.4. The summed E-state index contributed by atoms with van der Waals surface area (Å²) in [5.74, 6) is 0. The van der Waals surface area contributed by atoms with Gasteiger partial charge >= 0.3 is 0 Å². The van der Waals surface area contributed by atoms with E-state index in [0.29, 0.717) is 6.04 Å². The number of rotatable bonds is 11. The van der Waals surface area contributed by atoms with Crippen LogP contribution in [-0.2, 0) is 0 Å². The van der Waals surface area contributed by atoms with Crippen LogP contribution in [0.2, 0.25) is 5.04 Å². The third kappa shape index (κ3) is 5.77. The number of hydrogen-bond donors (Lipinski definition) is 2. The van der Waals surface area contributed by atoms with Crippen LogP contribution < -0.4 is 15.7 Å². The predicted octanol–water partition coefficient (Wildman–Crippen LogP) is 4.47. The minimum Gasteiger partial charge on any atom is -0.424 e. The monoisotopic (exact) mass is 383 g/mol. The zero-order valence-electron chi connectivity index (χ0n) is 17.5. The molecule has 0 saturated heterocycles. The van der Waals surface area contributed by atoms with E-state index in [-0.39, 0.29) is 5.04 Å². The molecule has 0 amide bonds. The average molecular weight is 384 g/mol. The lowest BCUT2D eigenvalue weighted by atomic mass is 10.0. The molecule has 2 aromatic rings. The summed E-state index contributed by atoms with van der Waals surface area (Å²) in [4.78, 5) is 12.1.